The zero-order chi connectivity index (χ0) is 108. The molecule has 9 atom stereocenters. The summed E-state index contributed by atoms with van der Waals surface area (Å²) in [7, 11) is 0. The molecule has 25 nitrogen and oxygen atoms in total. The topological polar surface area (TPSA) is 421 Å². The van der Waals surface area contributed by atoms with E-state index >= 15 is 0 Å². The molecule has 0 aromatic rings. The van der Waals surface area contributed by atoms with Crippen LogP contribution in [0.1, 0.15) is 532 Å². The summed E-state index contributed by atoms with van der Waals surface area (Å²) in [4.78, 5) is 68.8. The van der Waals surface area contributed by atoms with Crippen LogP contribution < -0.4 is 0 Å². The number of carbonyl (C=O) groups excluding carboxylic acids is 6. The summed E-state index contributed by atoms with van der Waals surface area (Å²) in [5.41, 5.74) is 0. The third kappa shape index (κ3) is 139. The van der Waals surface area contributed by atoms with Crippen LogP contribution in [0.5, 0.6) is 0 Å². The molecule has 0 aliphatic carbocycles. The normalized spacial score (nSPS) is 13.1. The highest BCUT2D eigenvalue weighted by Crippen LogP contribution is 2.21. The van der Waals surface area contributed by atoms with Gasteiger partial charge in [0.15, 0.2) is 0 Å². The van der Waals surface area contributed by atoms with E-state index < -0.39 is 12.2 Å². The van der Waals surface area contributed by atoms with Crippen LogP contribution in [0.4, 0.5) is 0 Å². The van der Waals surface area contributed by atoms with Gasteiger partial charge in [0.25, 0.3) is 0 Å². The van der Waals surface area contributed by atoms with Crippen molar-refractivity contribution < 1.29 is 124 Å². The molecule has 0 aromatic heterocycles. The van der Waals surface area contributed by atoms with E-state index in [1.807, 2.05) is 41.5 Å². The van der Waals surface area contributed by atoms with E-state index in [2.05, 4.69) is 62.5 Å². The average Bonchev–Trinajstić information content (AvgIpc) is 0.987. The van der Waals surface area contributed by atoms with Gasteiger partial charge in [0, 0.05) is 140 Å². The average molecular weight is 2090 g/mol. The number of aliphatic hydroxyl groups is 13. The van der Waals surface area contributed by atoms with Crippen molar-refractivity contribution in [2.24, 2.45) is 35.5 Å². The SMILES string of the molecule is C.CC(CO)COC(=O)CCCCCCC/C=C/CCCCCCO.CC(CO)COC(=O)CCCCCCC/C=C\CCCCCCO.CC(CO)COC(=O)CCCCCCCC(O)C(O)CCCCCCO.CC(CO)COC(=O)CCCCCCCCC(O)CCCCCCO.CCCCCC/C=C/CCCCCCCC(=O)OCC(C)CO.CCCCCC/C=C\CCCCCCCC(=O)OCC(C)CO. The lowest BCUT2D eigenvalue weighted by atomic mass is 10.00. The fraction of sp³-hybridized carbons (Fsp3) is 0.884. The Morgan fingerprint density at radius 2 is 0.329 bits per heavy atom. The first-order valence-corrected chi connectivity index (χ1v) is 59.1. The highest BCUT2D eigenvalue weighted by Gasteiger charge is 2.18. The fourth-order valence-corrected chi connectivity index (χ4v) is 14.9. The maximum Gasteiger partial charge on any atom is 0.305 e. The minimum atomic E-state index is -0.656. The fourth-order valence-electron chi connectivity index (χ4n) is 14.9. The van der Waals surface area contributed by atoms with Gasteiger partial charge in [0.05, 0.1) is 58.0 Å². The number of aliphatic hydroxyl groups excluding tert-OH is 13. The van der Waals surface area contributed by atoms with Gasteiger partial charge in [-0.2, -0.15) is 0 Å². The van der Waals surface area contributed by atoms with Crippen LogP contribution in [0.2, 0.25) is 0 Å². The lowest BCUT2D eigenvalue weighted by Gasteiger charge is -2.17. The van der Waals surface area contributed by atoms with E-state index in [1.54, 1.807) is 0 Å². The predicted molar refractivity (Wildman–Crippen MR) is 601 cm³/mol. The summed E-state index contributed by atoms with van der Waals surface area (Å²) in [5.74, 6) is -0.768. The number of unbranched alkanes of at least 4 members (excludes halogenated alkanes) is 51. The molecular weight excluding hydrogens is 1850 g/mol. The third-order valence-electron chi connectivity index (χ3n) is 25.1. The number of esters is 6. The van der Waals surface area contributed by atoms with E-state index in [1.165, 1.54) is 180 Å². The maximum absolute atomic E-state index is 11.5. The maximum atomic E-state index is 11.5. The first-order chi connectivity index (χ1) is 70.4. The smallest absolute Gasteiger partial charge is 0.305 e. The number of allylic oxidation sites excluding steroid dienone is 8. The van der Waals surface area contributed by atoms with Crippen LogP contribution in [0.25, 0.3) is 0 Å². The van der Waals surface area contributed by atoms with Crippen LogP contribution >= 0.6 is 0 Å². The Morgan fingerprint density at radius 3 is 0.486 bits per heavy atom. The van der Waals surface area contributed by atoms with Crippen molar-refractivity contribution in [1.29, 1.82) is 0 Å². The molecule has 0 aliphatic heterocycles. The first kappa shape index (κ1) is 154. The van der Waals surface area contributed by atoms with Crippen molar-refractivity contribution in [3.8, 4) is 0 Å². The highest BCUT2D eigenvalue weighted by molar-refractivity contribution is 5.71. The molecule has 13 N–H and O–H groups in total. The van der Waals surface area contributed by atoms with Gasteiger partial charge in [0.1, 0.15) is 0 Å². The van der Waals surface area contributed by atoms with E-state index in [0.29, 0.717) is 97.6 Å². The van der Waals surface area contributed by atoms with Crippen molar-refractivity contribution in [2.75, 3.05) is 106 Å². The number of hydrogen-bond acceptors (Lipinski definition) is 25. The van der Waals surface area contributed by atoms with Gasteiger partial charge in [-0.3, -0.25) is 28.8 Å². The summed E-state index contributed by atoms with van der Waals surface area (Å²) in [5, 5.41) is 118. The molecule has 9 unspecified atom stereocenters. The Labute approximate surface area is 894 Å². The van der Waals surface area contributed by atoms with Gasteiger partial charge in [-0.1, -0.05) is 349 Å². The number of rotatable bonds is 102. The Bertz CT molecular complexity index is 2600. The second kappa shape index (κ2) is 133. The van der Waals surface area contributed by atoms with Crippen molar-refractivity contribution >= 4 is 35.8 Å². The molecule has 0 aromatic carbocycles. The molecule has 0 fully saturated rings. The molecule has 0 saturated carbocycles. The molecule has 0 heterocycles. The summed E-state index contributed by atoms with van der Waals surface area (Å²) < 4.78 is 30.5. The largest absolute Gasteiger partial charge is 0.465 e. The molecule has 0 spiro atoms. The van der Waals surface area contributed by atoms with Crippen LogP contribution in [0.3, 0.4) is 0 Å². The van der Waals surface area contributed by atoms with Crippen molar-refractivity contribution in [1.82, 2.24) is 0 Å². The van der Waals surface area contributed by atoms with Crippen LogP contribution in [-0.4, -0.2) is 226 Å². The third-order valence-corrected chi connectivity index (χ3v) is 25.1. The van der Waals surface area contributed by atoms with E-state index in [4.69, 9.17) is 79.5 Å². The monoisotopic (exact) mass is 2090 g/mol. The van der Waals surface area contributed by atoms with E-state index in [9.17, 15) is 44.1 Å². The summed E-state index contributed by atoms with van der Waals surface area (Å²) in [6, 6.07) is 0. The van der Waals surface area contributed by atoms with Crippen LogP contribution in [0, 0.1) is 35.5 Å². The first-order valence-electron chi connectivity index (χ1n) is 59.1. The molecule has 0 amide bonds. The molecule has 146 heavy (non-hydrogen) atoms. The zero-order valence-corrected chi connectivity index (χ0v) is 94.5. The number of carbonyl (C=O) groups is 6. The number of ether oxygens (including phenoxy) is 6. The molecule has 870 valence electrons. The van der Waals surface area contributed by atoms with Crippen molar-refractivity contribution in [2.45, 2.75) is 550 Å². The molecular formula is C121H236O25. The molecule has 25 heteroatoms. The van der Waals surface area contributed by atoms with Gasteiger partial charge >= 0.3 is 35.8 Å². The van der Waals surface area contributed by atoms with Crippen molar-refractivity contribution in [3.05, 3.63) is 48.6 Å². The lowest BCUT2D eigenvalue weighted by Crippen LogP contribution is -2.25. The van der Waals surface area contributed by atoms with Gasteiger partial charge in [-0.05, 0) is 193 Å². The van der Waals surface area contributed by atoms with Gasteiger partial charge in [0.2, 0.25) is 0 Å². The summed E-state index contributed by atoms with van der Waals surface area (Å²) in [6.45, 7) is 19.0. The Morgan fingerprint density at radius 1 is 0.192 bits per heavy atom. The Balaban J connectivity index is -0.000000317. The predicted octanol–water partition coefficient (Wildman–Crippen LogP) is 26.4. The van der Waals surface area contributed by atoms with Crippen molar-refractivity contribution in [3.63, 3.8) is 0 Å². The molecule has 0 radical (unpaired) electrons. The van der Waals surface area contributed by atoms with Crippen LogP contribution in [0.15, 0.2) is 48.6 Å². The second-order valence-corrected chi connectivity index (χ2v) is 41.1. The summed E-state index contributed by atoms with van der Waals surface area (Å²) >= 11 is 0. The van der Waals surface area contributed by atoms with Crippen LogP contribution in [-0.2, 0) is 57.2 Å². The molecule has 0 bridgehead atoms. The lowest BCUT2D eigenvalue weighted by molar-refractivity contribution is -0.146. The zero-order valence-electron chi connectivity index (χ0n) is 94.5. The summed E-state index contributed by atoms with van der Waals surface area (Å²) in [6.07, 6.45) is 93.4. The Kier molecular flexibility index (Phi) is 140. The minimum absolute atomic E-state index is 0. The van der Waals surface area contributed by atoms with Gasteiger partial charge < -0.3 is 94.8 Å². The standard InChI is InChI=1S/C20H40O6.C20H40O5.2C20H38O4.2C20H38O3.CH4/c1-17(15-22)16-26-20(25)13-9-4-2-3-7-11-18(23)19(24)12-8-5-6-10-14-21;1-18(16-22)17-25-20(24)14-10-5-3-2-4-8-12-19(23)13-9-6-7-11-15-21;2*1-19(17-22)18-24-20(23)15-13-11-9-7-5-3-2-4-6-8-10-12-14-16-21;2*1-3-4-5-6-7-8-9-10-11-12-13-14-15-16-20(22)23-18-19(2)17-21;/h17-19,21-24H,2-16H2,1H3;18-19,21-23H,2-17H2,1H3;2*2,4,19,21-22H,3,5-18H2,1H3;2*8-9,19,21H,3-7,10-18H2,1-2H3;1H4/b;;4-2+;4-2-;9-8+;9-8-;. The second-order valence-electron chi connectivity index (χ2n) is 41.1. The van der Waals surface area contributed by atoms with Gasteiger partial charge in [-0.15, -0.1) is 0 Å². The molecule has 0 rings (SSSR count). The van der Waals surface area contributed by atoms with E-state index in [0.717, 1.165) is 238 Å². The quantitative estimate of drug-likeness (QED) is 0.0116. The minimum Gasteiger partial charge on any atom is -0.465 e. The van der Waals surface area contributed by atoms with E-state index in [-0.39, 0.29) is 144 Å². The molecule has 0 aliphatic rings. The van der Waals surface area contributed by atoms with Gasteiger partial charge in [-0.25, -0.2) is 0 Å². The Hall–Kier alpha value is -4.74. The number of hydrogen-bond donors (Lipinski definition) is 13. The molecule has 0 saturated heterocycles. The highest BCUT2D eigenvalue weighted by atomic mass is 16.6.